The fourth-order valence-corrected chi connectivity index (χ4v) is 3.60. The molecule has 132 valence electrons. The smallest absolute Gasteiger partial charge is 0.276 e. The lowest BCUT2D eigenvalue weighted by Gasteiger charge is -2.40. The number of fused-ring (bicyclic) bond motifs is 1. The fourth-order valence-electron chi connectivity index (χ4n) is 3.60. The number of hydrogen-bond acceptors (Lipinski definition) is 6. The number of rotatable bonds is 4. The molecule has 0 bridgehead atoms. The third kappa shape index (κ3) is 3.75. The number of likely N-dealkylation sites (N-methyl/N-ethyl adjacent to an activating group) is 1. The predicted molar refractivity (Wildman–Crippen MR) is 88.9 cm³/mol. The summed E-state index contributed by atoms with van der Waals surface area (Å²) < 4.78 is 5.92. The van der Waals surface area contributed by atoms with Crippen LogP contribution in [0.5, 0.6) is 0 Å². The molecule has 24 heavy (non-hydrogen) atoms. The number of pyridine rings is 1. The largest absolute Gasteiger partial charge is 0.374 e. The number of aromatic nitrogens is 1. The maximum absolute atomic E-state index is 11.6. The number of carbonyl (C=O) groups is 1. The van der Waals surface area contributed by atoms with E-state index >= 15 is 0 Å². The molecule has 7 heteroatoms. The Hall–Kier alpha value is -1.54. The first kappa shape index (κ1) is 17.3. The Morgan fingerprint density at radius 1 is 1.54 bits per heavy atom. The zero-order chi connectivity index (χ0) is 17.1. The van der Waals surface area contributed by atoms with Gasteiger partial charge in [0, 0.05) is 50.5 Å². The SMILES string of the molecule is CCC1Cc2ncc(C(=O)NO)cc2CN1CC1CN(C)CCO1. The second kappa shape index (κ2) is 7.57. The van der Waals surface area contributed by atoms with Crippen LogP contribution in [0.15, 0.2) is 12.3 Å². The molecule has 1 aromatic heterocycles. The molecule has 7 nitrogen and oxygen atoms in total. The topological polar surface area (TPSA) is 77.9 Å². The summed E-state index contributed by atoms with van der Waals surface area (Å²) in [5.41, 5.74) is 4.17. The first-order valence-electron chi connectivity index (χ1n) is 8.57. The lowest BCUT2D eigenvalue weighted by molar-refractivity contribution is -0.0446. The van der Waals surface area contributed by atoms with Gasteiger partial charge in [0.25, 0.3) is 5.91 Å². The van der Waals surface area contributed by atoms with E-state index in [2.05, 4.69) is 28.8 Å². The van der Waals surface area contributed by atoms with Crippen LogP contribution in [0.4, 0.5) is 0 Å². The minimum absolute atomic E-state index is 0.219. The second-order valence-corrected chi connectivity index (χ2v) is 6.72. The highest BCUT2D eigenvalue weighted by Gasteiger charge is 2.30. The minimum atomic E-state index is -0.522. The molecular formula is C17H26N4O3. The van der Waals surface area contributed by atoms with Crippen molar-refractivity contribution in [2.75, 3.05) is 33.3 Å². The van der Waals surface area contributed by atoms with Gasteiger partial charge in [-0.15, -0.1) is 0 Å². The highest BCUT2D eigenvalue weighted by Crippen LogP contribution is 2.25. The Morgan fingerprint density at radius 3 is 3.08 bits per heavy atom. The quantitative estimate of drug-likeness (QED) is 0.622. The van der Waals surface area contributed by atoms with Crippen LogP contribution in [0.3, 0.4) is 0 Å². The molecule has 0 spiro atoms. The summed E-state index contributed by atoms with van der Waals surface area (Å²) in [5.74, 6) is -0.522. The van der Waals surface area contributed by atoms with Crippen molar-refractivity contribution in [3.05, 3.63) is 29.1 Å². The molecule has 2 N–H and O–H groups in total. The maximum Gasteiger partial charge on any atom is 0.276 e. The predicted octanol–water partition coefficient (Wildman–Crippen LogP) is 0.668. The van der Waals surface area contributed by atoms with Crippen molar-refractivity contribution < 1.29 is 14.7 Å². The van der Waals surface area contributed by atoms with E-state index in [0.717, 1.165) is 56.9 Å². The number of ether oxygens (including phenoxy) is 1. The number of hydroxylamine groups is 1. The Morgan fingerprint density at radius 2 is 2.38 bits per heavy atom. The molecule has 1 fully saturated rings. The van der Waals surface area contributed by atoms with Gasteiger partial charge in [0.15, 0.2) is 0 Å². The summed E-state index contributed by atoms with van der Waals surface area (Å²) >= 11 is 0. The van der Waals surface area contributed by atoms with Gasteiger partial charge in [-0.1, -0.05) is 6.92 Å². The van der Waals surface area contributed by atoms with Gasteiger partial charge >= 0.3 is 0 Å². The first-order chi connectivity index (χ1) is 11.6. The van der Waals surface area contributed by atoms with Crippen LogP contribution in [0.25, 0.3) is 0 Å². The van der Waals surface area contributed by atoms with E-state index in [9.17, 15) is 4.79 Å². The van der Waals surface area contributed by atoms with Crippen molar-refractivity contribution in [2.45, 2.75) is 38.5 Å². The van der Waals surface area contributed by atoms with Crippen LogP contribution in [-0.2, 0) is 17.7 Å². The van der Waals surface area contributed by atoms with Gasteiger partial charge in [0.2, 0.25) is 0 Å². The Balaban J connectivity index is 1.75. The van der Waals surface area contributed by atoms with Crippen LogP contribution in [-0.4, -0.2) is 71.3 Å². The Labute approximate surface area is 142 Å². The average Bonchev–Trinajstić information content (AvgIpc) is 2.60. The van der Waals surface area contributed by atoms with Gasteiger partial charge in [0.1, 0.15) is 0 Å². The number of nitrogens with one attached hydrogen (secondary N) is 1. The molecule has 2 atom stereocenters. The van der Waals surface area contributed by atoms with Gasteiger partial charge in [-0.3, -0.25) is 19.9 Å². The normalized spacial score (nSPS) is 25.3. The highest BCUT2D eigenvalue weighted by molar-refractivity contribution is 5.93. The minimum Gasteiger partial charge on any atom is -0.374 e. The number of amides is 1. The first-order valence-corrected chi connectivity index (χ1v) is 8.57. The van der Waals surface area contributed by atoms with Crippen molar-refractivity contribution in [3.8, 4) is 0 Å². The maximum atomic E-state index is 11.6. The summed E-state index contributed by atoms with van der Waals surface area (Å²) in [5, 5.41) is 8.81. The lowest BCUT2D eigenvalue weighted by atomic mass is 9.95. The van der Waals surface area contributed by atoms with Crippen LogP contribution < -0.4 is 5.48 Å². The average molecular weight is 334 g/mol. The van der Waals surface area contributed by atoms with Crippen LogP contribution in [0, 0.1) is 0 Å². The van der Waals surface area contributed by atoms with Crippen LogP contribution in [0.2, 0.25) is 0 Å². The number of nitrogens with zero attached hydrogens (tertiary/aromatic N) is 3. The zero-order valence-electron chi connectivity index (χ0n) is 14.4. The molecule has 3 rings (SSSR count). The molecule has 1 amide bonds. The van der Waals surface area contributed by atoms with E-state index in [0.29, 0.717) is 11.6 Å². The molecule has 0 saturated carbocycles. The zero-order valence-corrected chi connectivity index (χ0v) is 14.4. The third-order valence-corrected chi connectivity index (χ3v) is 4.99. The number of morpholine rings is 1. The van der Waals surface area contributed by atoms with E-state index in [1.807, 2.05) is 6.07 Å². The summed E-state index contributed by atoms with van der Waals surface area (Å²) in [4.78, 5) is 20.8. The molecule has 1 aromatic rings. The van der Waals surface area contributed by atoms with E-state index in [-0.39, 0.29) is 6.10 Å². The van der Waals surface area contributed by atoms with E-state index < -0.39 is 5.91 Å². The molecule has 2 unspecified atom stereocenters. The van der Waals surface area contributed by atoms with Gasteiger partial charge in [-0.05, 0) is 25.1 Å². The monoisotopic (exact) mass is 334 g/mol. The molecule has 2 aliphatic rings. The molecule has 2 aliphatic heterocycles. The van der Waals surface area contributed by atoms with Crippen molar-refractivity contribution >= 4 is 5.91 Å². The summed E-state index contributed by atoms with van der Waals surface area (Å²) in [6.45, 7) is 6.57. The van der Waals surface area contributed by atoms with Crippen molar-refractivity contribution in [3.63, 3.8) is 0 Å². The standard InChI is InChI=1S/C17H26N4O3/c1-3-14-7-16-13(6-12(8-18-16)17(22)19-23)9-21(14)11-15-10-20(2)4-5-24-15/h6,8,14-15,23H,3-5,7,9-11H2,1-2H3,(H,19,22). The van der Waals surface area contributed by atoms with Crippen molar-refractivity contribution in [2.24, 2.45) is 0 Å². The number of carbonyl (C=O) groups excluding carboxylic acids is 1. The number of hydrogen-bond donors (Lipinski definition) is 2. The van der Waals surface area contributed by atoms with Gasteiger partial charge in [-0.25, -0.2) is 5.48 Å². The Bertz CT molecular complexity index is 595. The molecule has 0 radical (unpaired) electrons. The van der Waals surface area contributed by atoms with E-state index in [1.165, 1.54) is 6.20 Å². The molecular weight excluding hydrogens is 308 g/mol. The molecule has 0 aromatic carbocycles. The summed E-state index contributed by atoms with van der Waals surface area (Å²) in [6.07, 6.45) is 3.69. The summed E-state index contributed by atoms with van der Waals surface area (Å²) in [6, 6.07) is 2.28. The Kier molecular flexibility index (Phi) is 5.45. The van der Waals surface area contributed by atoms with Crippen molar-refractivity contribution in [1.29, 1.82) is 0 Å². The lowest BCUT2D eigenvalue weighted by Crippen LogP contribution is -2.50. The van der Waals surface area contributed by atoms with E-state index in [4.69, 9.17) is 9.94 Å². The van der Waals surface area contributed by atoms with Gasteiger partial charge in [-0.2, -0.15) is 0 Å². The summed E-state index contributed by atoms with van der Waals surface area (Å²) in [7, 11) is 2.13. The van der Waals surface area contributed by atoms with Gasteiger partial charge in [0.05, 0.1) is 18.3 Å². The van der Waals surface area contributed by atoms with E-state index in [1.54, 1.807) is 5.48 Å². The van der Waals surface area contributed by atoms with Crippen LogP contribution >= 0.6 is 0 Å². The fraction of sp³-hybridized carbons (Fsp3) is 0.647. The molecule has 3 heterocycles. The van der Waals surface area contributed by atoms with Crippen molar-refractivity contribution in [1.82, 2.24) is 20.3 Å². The third-order valence-electron chi connectivity index (χ3n) is 4.99. The van der Waals surface area contributed by atoms with Crippen LogP contribution in [0.1, 0.15) is 35.0 Å². The van der Waals surface area contributed by atoms with Gasteiger partial charge < -0.3 is 9.64 Å². The molecule has 0 aliphatic carbocycles. The second-order valence-electron chi connectivity index (χ2n) is 6.72. The highest BCUT2D eigenvalue weighted by atomic mass is 16.5. The molecule has 1 saturated heterocycles.